The van der Waals surface area contributed by atoms with Gasteiger partial charge in [-0.25, -0.2) is 0 Å². The van der Waals surface area contributed by atoms with Gasteiger partial charge in [-0.15, -0.1) is 0 Å². The van der Waals surface area contributed by atoms with Crippen LogP contribution in [0.5, 0.6) is 0 Å². The third-order valence-electron chi connectivity index (χ3n) is 34.6. The normalized spacial score (nSPS) is 16.9. The van der Waals surface area contributed by atoms with Crippen molar-refractivity contribution in [2.24, 2.45) is 0 Å². The van der Waals surface area contributed by atoms with E-state index in [9.17, 15) is 0 Å². The molecule has 0 unspecified atom stereocenters. The number of benzene rings is 13. The average Bonchev–Trinajstić information content (AvgIpc) is 1.56. The first-order valence-corrected chi connectivity index (χ1v) is 53.4. The minimum atomic E-state index is -0.679. The van der Waals surface area contributed by atoms with Crippen molar-refractivity contribution < 1.29 is 18.6 Å². The number of para-hydroxylation sites is 1. The Kier molecular flexibility index (Phi) is 26.1. The first-order valence-electron chi connectivity index (χ1n) is 53.4. The zero-order valence-electron chi connectivity index (χ0n) is 85.4. The summed E-state index contributed by atoms with van der Waals surface area (Å²) >= 11 is 0. The lowest BCUT2D eigenvalue weighted by Crippen LogP contribution is -2.45. The maximum Gasteiger partial charge on any atom is 0.496 e. The van der Waals surface area contributed by atoms with Crippen LogP contribution in [0, 0.1) is 0 Å². The van der Waals surface area contributed by atoms with Crippen molar-refractivity contribution in [2.75, 3.05) is 0 Å². The highest BCUT2D eigenvalue weighted by Crippen LogP contribution is 2.60. The Balaban J connectivity index is 0.612. The van der Waals surface area contributed by atoms with Gasteiger partial charge in [0.1, 0.15) is 0 Å². The molecule has 5 nitrogen and oxygen atoms in total. The first kappa shape index (κ1) is 94.2. The van der Waals surface area contributed by atoms with Crippen molar-refractivity contribution in [2.45, 2.75) is 335 Å². The van der Waals surface area contributed by atoms with E-state index in [-0.39, 0.29) is 21.7 Å². The monoisotopic (exact) mass is 1810 g/mol. The fourth-order valence-corrected chi connectivity index (χ4v) is 25.1. The minimum absolute atomic E-state index is 0.0313. The Morgan fingerprint density at radius 2 is 0.438 bits per heavy atom. The summed E-state index contributed by atoms with van der Waals surface area (Å²) in [5.41, 5.74) is 39.9. The predicted octanol–water partition coefficient (Wildman–Crippen LogP) is 35.5. The van der Waals surface area contributed by atoms with E-state index in [2.05, 4.69) is 376 Å². The van der Waals surface area contributed by atoms with Crippen LogP contribution >= 0.6 is 0 Å². The minimum Gasteiger partial charge on any atom is -0.399 e. The molecule has 0 radical (unpaired) electrons. The molecule has 2 aliphatic heterocycles. The lowest BCUT2D eigenvalue weighted by molar-refractivity contribution is 0.00578. The van der Waals surface area contributed by atoms with Gasteiger partial charge in [0.25, 0.3) is 0 Å². The second kappa shape index (κ2) is 38.0. The van der Waals surface area contributed by atoms with Gasteiger partial charge in [-0.1, -0.05) is 410 Å². The third kappa shape index (κ3) is 17.0. The van der Waals surface area contributed by atoms with Crippen molar-refractivity contribution >= 4 is 47.0 Å². The van der Waals surface area contributed by atoms with E-state index in [0.29, 0.717) is 0 Å². The average molecular weight is 1810 g/mol. The molecule has 3 heterocycles. The molecule has 0 bridgehead atoms. The lowest BCUT2D eigenvalue weighted by Gasteiger charge is -2.33. The quantitative estimate of drug-likeness (QED) is 0.0287. The zero-order valence-corrected chi connectivity index (χ0v) is 85.4. The highest BCUT2D eigenvalue weighted by Gasteiger charge is 2.56. The van der Waals surface area contributed by atoms with Crippen molar-refractivity contribution in [1.29, 1.82) is 0 Å². The summed E-state index contributed by atoms with van der Waals surface area (Å²) in [4.78, 5) is 0. The van der Waals surface area contributed by atoms with Crippen LogP contribution in [-0.4, -0.2) is 41.2 Å². The molecule has 7 heteroatoms. The number of hydrogen-bond acceptors (Lipinski definition) is 4. The SMILES string of the molecule is CCCCCCCCC1(CCCCCCCC)c2ccccc2-c2ccc(-c3ccc4c(c3)C(C)(C)c3cc(-c5ccc(-c6ccc7c(c6)c6cc(-c8ccc(-c9ccc%10c(c9)C(C)(C)c9cc(-c%11ccc%12c(c%11)C(CCCCCCCC)(CCCCCCCC)c%11ccccc%11-%12)ccc9-%10)cc8)ccc6n7-c6c(B7OC(C)(C)C(C)(C)O7)cccc6B6OC(C)(C)C(C)(C)O6)cc5)ccc3-4)cc21. The molecule has 0 N–H and O–H groups in total. The Morgan fingerprint density at radius 1 is 0.212 bits per heavy atom. The maximum absolute atomic E-state index is 7.08. The van der Waals surface area contributed by atoms with Crippen LogP contribution in [0.4, 0.5) is 0 Å². The Hall–Kier alpha value is -10.4. The highest BCUT2D eigenvalue weighted by atomic mass is 16.7. The van der Waals surface area contributed by atoms with Crippen molar-refractivity contribution in [3.8, 4) is 117 Å². The summed E-state index contributed by atoms with van der Waals surface area (Å²) in [6.07, 6.45) is 36.5. The predicted molar refractivity (Wildman–Crippen MR) is 584 cm³/mol. The van der Waals surface area contributed by atoms with E-state index in [1.165, 1.54) is 291 Å². The molecule has 0 amide bonds. The van der Waals surface area contributed by atoms with Crippen molar-refractivity contribution in [3.63, 3.8) is 0 Å². The van der Waals surface area contributed by atoms with Crippen LogP contribution in [-0.2, 0) is 40.3 Å². The molecule has 0 spiro atoms. The van der Waals surface area contributed by atoms with E-state index in [1.807, 2.05) is 0 Å². The van der Waals surface area contributed by atoms with Gasteiger partial charge in [-0.3, -0.25) is 0 Å². The van der Waals surface area contributed by atoms with Crippen LogP contribution in [0.25, 0.3) is 139 Å². The second-order valence-electron chi connectivity index (χ2n) is 45.1. The van der Waals surface area contributed by atoms with Gasteiger partial charge in [-0.2, -0.15) is 0 Å². The molecule has 14 aromatic rings. The fraction of sp³-hybridized carbons (Fsp3) is 0.400. The molecule has 13 aromatic carbocycles. The molecule has 20 rings (SSSR count). The largest absolute Gasteiger partial charge is 0.496 e. The summed E-state index contributed by atoms with van der Waals surface area (Å²) in [6, 6.07) is 103. The van der Waals surface area contributed by atoms with Gasteiger partial charge < -0.3 is 23.2 Å². The highest BCUT2D eigenvalue weighted by molar-refractivity contribution is 6.68. The second-order valence-corrected chi connectivity index (χ2v) is 45.1. The first-order chi connectivity index (χ1) is 66.2. The standard InChI is InChI=1S/C130H147B2NO4/c1-17-21-25-29-33-41-76-129(77-42-34-30-26-22-18-2)110-48-39-37-46-100(110)106-72-64-98(86-116(106)129)96-62-70-104-102-68-60-94(82-112(102)123(5,6)114(104)84-96)90-56-52-88(53-57-90)92-66-74-120-108(80-92)109-81-93(67-75-121(109)133(120)122-118(131-134-125(9,10)126(11,12)135-131)50-45-51-119(122)132-136-127(13,14)128(15,16)137-132)89-54-58-91(59-55-89)95-61-69-103-105-71-63-97(85-115(105)124(7,8)113(103)83-95)99-65-73-107-101-47-38-40-49-111(101)130(117(107)87-99,78-43-35-31-27-23-19-3)79-44-36-32-28-24-20-4/h37-40,45-75,80-87H,17-36,41-44,76-79H2,1-16H3. The van der Waals surface area contributed by atoms with Gasteiger partial charge in [0.15, 0.2) is 0 Å². The molecule has 4 aliphatic carbocycles. The summed E-state index contributed by atoms with van der Waals surface area (Å²) < 4.78 is 30.8. The van der Waals surface area contributed by atoms with Crippen LogP contribution < -0.4 is 10.9 Å². The third-order valence-corrected chi connectivity index (χ3v) is 34.6. The number of nitrogens with zero attached hydrogens (tertiary/aromatic N) is 1. The van der Waals surface area contributed by atoms with Crippen LogP contribution in [0.1, 0.15) is 335 Å². The lowest BCUT2D eigenvalue weighted by atomic mass is 9.69. The summed E-state index contributed by atoms with van der Waals surface area (Å²) in [6.45, 7) is 36.2. The molecule has 137 heavy (non-hydrogen) atoms. The van der Waals surface area contributed by atoms with E-state index >= 15 is 0 Å². The molecule has 2 saturated heterocycles. The van der Waals surface area contributed by atoms with Crippen LogP contribution in [0.15, 0.2) is 261 Å². The summed E-state index contributed by atoms with van der Waals surface area (Å²) in [7, 11) is -1.36. The maximum atomic E-state index is 7.08. The van der Waals surface area contributed by atoms with Crippen LogP contribution in [0.3, 0.4) is 0 Å². The van der Waals surface area contributed by atoms with Gasteiger partial charge >= 0.3 is 14.2 Å². The molecule has 1 aromatic heterocycles. The number of aromatic nitrogens is 1. The molecule has 702 valence electrons. The topological polar surface area (TPSA) is 41.9 Å². The van der Waals surface area contributed by atoms with E-state index < -0.39 is 36.6 Å². The van der Waals surface area contributed by atoms with Crippen molar-refractivity contribution in [3.05, 3.63) is 305 Å². The molecule has 0 saturated carbocycles. The number of fused-ring (bicyclic) bond motifs is 15. The molecular weight excluding hydrogens is 1660 g/mol. The number of rotatable bonds is 37. The molecular formula is C130H147B2NO4. The van der Waals surface area contributed by atoms with E-state index in [0.717, 1.165) is 60.7 Å². The number of hydrogen-bond donors (Lipinski definition) is 0. The summed E-state index contributed by atoms with van der Waals surface area (Å²) in [5.74, 6) is 0. The Morgan fingerprint density at radius 3 is 0.730 bits per heavy atom. The van der Waals surface area contributed by atoms with E-state index in [4.69, 9.17) is 18.6 Å². The Labute approximate surface area is 821 Å². The molecule has 6 aliphatic rings. The zero-order chi connectivity index (χ0) is 95.0. The smallest absolute Gasteiger partial charge is 0.399 e. The van der Waals surface area contributed by atoms with Gasteiger partial charge in [-0.05, 0) is 298 Å². The van der Waals surface area contributed by atoms with E-state index in [1.54, 1.807) is 22.3 Å². The van der Waals surface area contributed by atoms with Gasteiger partial charge in [0, 0.05) is 49.0 Å². The molecule has 0 atom stereocenters. The summed E-state index contributed by atoms with van der Waals surface area (Å²) in [5, 5.41) is 2.28. The van der Waals surface area contributed by atoms with Gasteiger partial charge in [0.2, 0.25) is 0 Å². The Bertz CT molecular complexity index is 6360. The van der Waals surface area contributed by atoms with Crippen LogP contribution in [0.2, 0.25) is 0 Å². The molecule has 2 fully saturated rings. The van der Waals surface area contributed by atoms with Crippen molar-refractivity contribution in [1.82, 2.24) is 4.57 Å². The van der Waals surface area contributed by atoms with Gasteiger partial charge in [0.05, 0.1) is 33.4 Å². The fourth-order valence-electron chi connectivity index (χ4n) is 25.1. The number of unbranched alkanes of at least 4 members (excludes halogenated alkanes) is 20.